The average molecular weight is 306 g/mol. The second-order valence-electron chi connectivity index (χ2n) is 5.55. The molecule has 6 heteroatoms. The number of carboxylic acids is 1. The van der Waals surface area contributed by atoms with Crippen LogP contribution in [0.4, 0.5) is 11.4 Å². The van der Waals surface area contributed by atoms with Gasteiger partial charge in [0, 0.05) is 38.6 Å². The van der Waals surface area contributed by atoms with Crippen molar-refractivity contribution in [2.24, 2.45) is 0 Å². The third-order valence-corrected chi connectivity index (χ3v) is 3.70. The third-order valence-electron chi connectivity index (χ3n) is 3.70. The van der Waals surface area contributed by atoms with Crippen LogP contribution in [0.15, 0.2) is 24.3 Å². The zero-order valence-corrected chi connectivity index (χ0v) is 13.0. The lowest BCUT2D eigenvalue weighted by Gasteiger charge is -2.25. The maximum absolute atomic E-state index is 12.6. The van der Waals surface area contributed by atoms with Crippen molar-refractivity contribution in [1.82, 2.24) is 0 Å². The van der Waals surface area contributed by atoms with Crippen molar-refractivity contribution in [2.45, 2.75) is 25.4 Å². The fraction of sp³-hybridized carbons (Fsp3) is 0.500. The molecule has 0 aliphatic carbocycles. The topological polar surface area (TPSA) is 70.1 Å². The molecule has 1 unspecified atom stereocenters. The molecule has 1 aliphatic rings. The predicted octanol–water partition coefficient (Wildman–Crippen LogP) is 1.74. The Morgan fingerprint density at radius 3 is 2.36 bits per heavy atom. The van der Waals surface area contributed by atoms with E-state index in [1.54, 1.807) is 0 Å². The van der Waals surface area contributed by atoms with Gasteiger partial charge in [-0.05, 0) is 37.1 Å². The van der Waals surface area contributed by atoms with Gasteiger partial charge >= 0.3 is 5.97 Å². The Balaban J connectivity index is 2.18. The first-order valence-electron chi connectivity index (χ1n) is 7.41. The number of anilines is 2. The van der Waals surface area contributed by atoms with Crippen molar-refractivity contribution in [2.75, 3.05) is 37.0 Å². The van der Waals surface area contributed by atoms with E-state index in [1.165, 1.54) is 4.90 Å². The molecule has 1 aromatic carbocycles. The number of hydrogen-bond donors (Lipinski definition) is 1. The molecule has 1 amide bonds. The number of amides is 1. The van der Waals surface area contributed by atoms with E-state index in [0.717, 1.165) is 12.1 Å². The van der Waals surface area contributed by atoms with Crippen LogP contribution in [-0.2, 0) is 14.3 Å². The van der Waals surface area contributed by atoms with Crippen molar-refractivity contribution in [3.63, 3.8) is 0 Å². The van der Waals surface area contributed by atoms with Crippen LogP contribution in [0.2, 0.25) is 0 Å². The first-order chi connectivity index (χ1) is 10.5. The standard InChI is InChI=1S/C16H22N2O4/c1-17(2)12-5-7-13(8-6-12)18(10-9-15(19)20)16(21)14-4-3-11-22-14/h5-8,14H,3-4,9-11H2,1-2H3,(H,19,20). The highest BCUT2D eigenvalue weighted by atomic mass is 16.5. The van der Waals surface area contributed by atoms with E-state index < -0.39 is 12.1 Å². The summed E-state index contributed by atoms with van der Waals surface area (Å²) in [5, 5.41) is 8.90. The average Bonchev–Trinajstić information content (AvgIpc) is 3.01. The van der Waals surface area contributed by atoms with Crippen LogP contribution in [0.5, 0.6) is 0 Å². The lowest BCUT2D eigenvalue weighted by Crippen LogP contribution is -2.40. The minimum atomic E-state index is -0.921. The Bertz CT molecular complexity index is 521. The summed E-state index contributed by atoms with van der Waals surface area (Å²) >= 11 is 0. The van der Waals surface area contributed by atoms with Gasteiger partial charge in [-0.2, -0.15) is 0 Å². The molecule has 1 aliphatic heterocycles. The van der Waals surface area contributed by atoms with Crippen molar-refractivity contribution in [3.05, 3.63) is 24.3 Å². The summed E-state index contributed by atoms with van der Waals surface area (Å²) in [4.78, 5) is 26.9. The summed E-state index contributed by atoms with van der Waals surface area (Å²) in [6.45, 7) is 0.734. The van der Waals surface area contributed by atoms with Crippen molar-refractivity contribution in [3.8, 4) is 0 Å². The molecule has 0 bridgehead atoms. The van der Waals surface area contributed by atoms with Gasteiger partial charge in [-0.1, -0.05) is 0 Å². The normalized spacial score (nSPS) is 17.3. The van der Waals surface area contributed by atoms with Crippen molar-refractivity contribution in [1.29, 1.82) is 0 Å². The smallest absolute Gasteiger partial charge is 0.305 e. The molecule has 0 saturated carbocycles. The highest BCUT2D eigenvalue weighted by molar-refractivity contribution is 5.97. The SMILES string of the molecule is CN(C)c1ccc(N(CCC(=O)O)C(=O)C2CCCO2)cc1. The molecule has 1 aromatic rings. The summed E-state index contributed by atoms with van der Waals surface area (Å²) in [5.74, 6) is -1.08. The largest absolute Gasteiger partial charge is 0.481 e. The second-order valence-corrected chi connectivity index (χ2v) is 5.55. The summed E-state index contributed by atoms with van der Waals surface area (Å²) < 4.78 is 5.44. The van der Waals surface area contributed by atoms with Gasteiger partial charge in [-0.15, -0.1) is 0 Å². The number of carboxylic acid groups (broad SMARTS) is 1. The van der Waals surface area contributed by atoms with Gasteiger partial charge < -0.3 is 19.6 Å². The fourth-order valence-electron chi connectivity index (χ4n) is 2.45. The van der Waals surface area contributed by atoms with Gasteiger partial charge in [-0.25, -0.2) is 0 Å². The van der Waals surface area contributed by atoms with E-state index >= 15 is 0 Å². The van der Waals surface area contributed by atoms with Crippen LogP contribution in [0, 0.1) is 0 Å². The molecule has 2 rings (SSSR count). The van der Waals surface area contributed by atoms with Crippen LogP contribution < -0.4 is 9.80 Å². The number of benzene rings is 1. The lowest BCUT2D eigenvalue weighted by molar-refractivity contribution is -0.136. The number of hydrogen-bond acceptors (Lipinski definition) is 4. The van der Waals surface area contributed by atoms with Crippen LogP contribution in [0.1, 0.15) is 19.3 Å². The maximum Gasteiger partial charge on any atom is 0.305 e. The van der Waals surface area contributed by atoms with Gasteiger partial charge in [0.05, 0.1) is 6.42 Å². The quantitative estimate of drug-likeness (QED) is 0.867. The fourth-order valence-corrected chi connectivity index (χ4v) is 2.45. The van der Waals surface area contributed by atoms with Crippen LogP contribution >= 0.6 is 0 Å². The molecule has 1 saturated heterocycles. The Hall–Kier alpha value is -2.08. The molecule has 1 fully saturated rings. The molecular weight excluding hydrogens is 284 g/mol. The monoisotopic (exact) mass is 306 g/mol. The molecule has 1 atom stereocenters. The Kier molecular flexibility index (Phi) is 5.38. The molecule has 120 valence electrons. The third kappa shape index (κ3) is 3.98. The number of carbonyl (C=O) groups is 2. The molecule has 1 heterocycles. The van der Waals surface area contributed by atoms with Gasteiger partial charge in [0.15, 0.2) is 0 Å². The maximum atomic E-state index is 12.6. The van der Waals surface area contributed by atoms with Crippen LogP contribution in [0.3, 0.4) is 0 Å². The lowest BCUT2D eigenvalue weighted by atomic mass is 10.1. The Morgan fingerprint density at radius 2 is 1.86 bits per heavy atom. The second kappa shape index (κ2) is 7.26. The predicted molar refractivity (Wildman–Crippen MR) is 84.3 cm³/mol. The number of carbonyl (C=O) groups excluding carboxylic acids is 1. The molecular formula is C16H22N2O4. The van der Waals surface area contributed by atoms with E-state index in [-0.39, 0.29) is 18.9 Å². The number of ether oxygens (including phenoxy) is 1. The van der Waals surface area contributed by atoms with Gasteiger partial charge in [-0.3, -0.25) is 9.59 Å². The van der Waals surface area contributed by atoms with E-state index in [2.05, 4.69) is 0 Å². The minimum absolute atomic E-state index is 0.0894. The first kappa shape index (κ1) is 16.3. The van der Waals surface area contributed by atoms with Crippen LogP contribution in [-0.4, -0.2) is 50.3 Å². The highest BCUT2D eigenvalue weighted by Crippen LogP contribution is 2.23. The summed E-state index contributed by atoms with van der Waals surface area (Å²) in [7, 11) is 3.88. The zero-order valence-electron chi connectivity index (χ0n) is 13.0. The number of aliphatic carboxylic acids is 1. The first-order valence-corrected chi connectivity index (χ1v) is 7.41. The highest BCUT2D eigenvalue weighted by Gasteiger charge is 2.29. The van der Waals surface area contributed by atoms with Crippen molar-refractivity contribution >= 4 is 23.3 Å². The van der Waals surface area contributed by atoms with E-state index in [9.17, 15) is 9.59 Å². The minimum Gasteiger partial charge on any atom is -0.481 e. The molecule has 6 nitrogen and oxygen atoms in total. The molecule has 1 N–H and O–H groups in total. The van der Waals surface area contributed by atoms with Gasteiger partial charge in [0.1, 0.15) is 6.10 Å². The zero-order chi connectivity index (χ0) is 16.1. The number of rotatable bonds is 6. The Labute approximate surface area is 130 Å². The molecule has 0 spiro atoms. The van der Waals surface area contributed by atoms with Gasteiger partial charge in [0.25, 0.3) is 5.91 Å². The summed E-state index contributed by atoms with van der Waals surface area (Å²) in [6.07, 6.45) is 1.01. The Morgan fingerprint density at radius 1 is 1.23 bits per heavy atom. The number of nitrogens with zero attached hydrogens (tertiary/aromatic N) is 2. The van der Waals surface area contributed by atoms with Crippen LogP contribution in [0.25, 0.3) is 0 Å². The van der Waals surface area contributed by atoms with E-state index in [4.69, 9.17) is 9.84 Å². The summed E-state index contributed by atoms with van der Waals surface area (Å²) in [6, 6.07) is 7.49. The molecule has 22 heavy (non-hydrogen) atoms. The summed E-state index contributed by atoms with van der Waals surface area (Å²) in [5.41, 5.74) is 1.72. The van der Waals surface area contributed by atoms with Crippen molar-refractivity contribution < 1.29 is 19.4 Å². The molecule has 0 aromatic heterocycles. The van der Waals surface area contributed by atoms with Gasteiger partial charge in [0.2, 0.25) is 0 Å². The van der Waals surface area contributed by atoms with E-state index in [0.29, 0.717) is 18.7 Å². The van der Waals surface area contributed by atoms with E-state index in [1.807, 2.05) is 43.3 Å². The molecule has 0 radical (unpaired) electrons.